The van der Waals surface area contributed by atoms with Gasteiger partial charge in [0.05, 0.1) is 46.7 Å². The van der Waals surface area contributed by atoms with Gasteiger partial charge in [-0.15, -0.1) is 5.10 Å². The van der Waals surface area contributed by atoms with Crippen LogP contribution < -0.4 is 4.74 Å². The molecular weight excluding hydrogens is 599 g/mol. The maximum absolute atomic E-state index is 13.9. The van der Waals surface area contributed by atoms with Gasteiger partial charge in [-0.1, -0.05) is 12.1 Å². The minimum absolute atomic E-state index is 0.156. The Morgan fingerprint density at radius 1 is 1.02 bits per heavy atom. The molecule has 2 fully saturated rings. The van der Waals surface area contributed by atoms with E-state index < -0.39 is 11.5 Å². The number of nitrogens with zero attached hydrogens (tertiary/aromatic N) is 6. The highest BCUT2D eigenvalue weighted by molar-refractivity contribution is 5.94. The number of rotatable bonds is 9. The third kappa shape index (κ3) is 6.87. The minimum Gasteiger partial charge on any atom is -0.473 e. The number of aryl methyl sites for hydroxylation is 1. The number of hydrogen-bond acceptors (Lipinski definition) is 8. The Balaban J connectivity index is 1.00. The summed E-state index contributed by atoms with van der Waals surface area (Å²) in [7, 11) is 1.73. The van der Waals surface area contributed by atoms with Gasteiger partial charge in [-0.25, -0.2) is 14.8 Å². The molecule has 1 atom stereocenters. The number of hydrogen-bond donors (Lipinski definition) is 0. The minimum atomic E-state index is -0.564. The van der Waals surface area contributed by atoms with Crippen LogP contribution in [0, 0.1) is 5.95 Å². The highest BCUT2D eigenvalue weighted by Gasteiger charge is 2.27. The van der Waals surface area contributed by atoms with E-state index in [2.05, 4.69) is 20.6 Å². The van der Waals surface area contributed by atoms with Gasteiger partial charge in [0.2, 0.25) is 11.8 Å². The number of aromatic nitrogens is 5. The van der Waals surface area contributed by atoms with Gasteiger partial charge >= 0.3 is 5.97 Å². The lowest BCUT2D eigenvalue weighted by molar-refractivity contribution is -0.0592. The van der Waals surface area contributed by atoms with Crippen molar-refractivity contribution in [1.29, 1.82) is 0 Å². The number of ether oxygens (including phenoxy) is 3. The predicted octanol–water partition coefficient (Wildman–Crippen LogP) is 6.16. The van der Waals surface area contributed by atoms with Crippen LogP contribution in [0.15, 0.2) is 54.6 Å². The molecule has 10 nitrogen and oxygen atoms in total. The first-order valence-corrected chi connectivity index (χ1v) is 16.4. The molecule has 2 aliphatic heterocycles. The van der Waals surface area contributed by atoms with Crippen LogP contribution in [0.25, 0.3) is 21.9 Å². The van der Waals surface area contributed by atoms with E-state index in [0.717, 1.165) is 79.1 Å². The standard InChI is InChI=1S/C36H41FN6O4/c1-36(2,3)47-35(44)25-9-11-29-31(19-25)43(20-26-14-17-45-26)32(38-29)21-42-15-12-24(13-16-42)28-6-5-7-33(39-28)46-22-23-8-10-27-30(18-23)41(4)40-34(27)37/h5-11,18-19,24,26H,12-17,20-22H2,1-4H3. The van der Waals surface area contributed by atoms with E-state index >= 15 is 0 Å². The molecule has 0 aliphatic carbocycles. The summed E-state index contributed by atoms with van der Waals surface area (Å²) in [5, 5.41) is 4.36. The molecule has 47 heavy (non-hydrogen) atoms. The number of halogens is 1. The fraction of sp³-hybridized carbons (Fsp3) is 0.444. The number of imidazole rings is 1. The molecule has 2 aliphatic rings. The van der Waals surface area contributed by atoms with Crippen LogP contribution in [0.2, 0.25) is 0 Å². The third-order valence-electron chi connectivity index (χ3n) is 9.01. The molecule has 0 spiro atoms. The SMILES string of the molecule is Cn1nc(F)c2ccc(COc3cccc(C4CCN(Cc5nc6ccc(C(=O)OC(C)(C)C)cc6n5CC5CCO5)CC4)n3)cc21. The van der Waals surface area contributed by atoms with E-state index in [9.17, 15) is 9.18 Å². The zero-order valence-electron chi connectivity index (χ0n) is 27.4. The van der Waals surface area contributed by atoms with Crippen molar-refractivity contribution in [2.24, 2.45) is 7.05 Å². The van der Waals surface area contributed by atoms with E-state index in [4.69, 9.17) is 24.2 Å². The summed E-state index contributed by atoms with van der Waals surface area (Å²) in [6, 6.07) is 17.1. The summed E-state index contributed by atoms with van der Waals surface area (Å²) in [6.07, 6.45) is 3.14. The average Bonchev–Trinajstić information content (AvgIpc) is 3.51. The van der Waals surface area contributed by atoms with Crippen molar-refractivity contribution >= 4 is 27.9 Å². The molecule has 0 bridgehead atoms. The van der Waals surface area contributed by atoms with Crippen LogP contribution in [0.1, 0.15) is 73.4 Å². The predicted molar refractivity (Wildman–Crippen MR) is 176 cm³/mol. The summed E-state index contributed by atoms with van der Waals surface area (Å²) >= 11 is 0. The first kappa shape index (κ1) is 31.3. The molecule has 0 N–H and O–H groups in total. The lowest BCUT2D eigenvalue weighted by Gasteiger charge is -2.32. The maximum Gasteiger partial charge on any atom is 0.338 e. The Bertz CT molecular complexity index is 1920. The van der Waals surface area contributed by atoms with Crippen molar-refractivity contribution < 1.29 is 23.4 Å². The van der Waals surface area contributed by atoms with Crippen LogP contribution in [0.3, 0.4) is 0 Å². The third-order valence-corrected chi connectivity index (χ3v) is 9.01. The second kappa shape index (κ2) is 12.7. The Labute approximate surface area is 273 Å². The molecule has 246 valence electrons. The first-order valence-electron chi connectivity index (χ1n) is 16.4. The Morgan fingerprint density at radius 3 is 2.57 bits per heavy atom. The maximum atomic E-state index is 13.9. The molecule has 7 rings (SSSR count). The van der Waals surface area contributed by atoms with Gasteiger partial charge in [0.1, 0.15) is 18.0 Å². The molecule has 5 aromatic rings. The summed E-state index contributed by atoms with van der Waals surface area (Å²) < 4.78 is 35.2. The van der Waals surface area contributed by atoms with Gasteiger partial charge in [-0.3, -0.25) is 9.58 Å². The van der Waals surface area contributed by atoms with Gasteiger partial charge in [-0.2, -0.15) is 4.39 Å². The fourth-order valence-corrected chi connectivity index (χ4v) is 6.42. The fourth-order valence-electron chi connectivity index (χ4n) is 6.42. The van der Waals surface area contributed by atoms with Crippen LogP contribution in [-0.2, 0) is 36.2 Å². The monoisotopic (exact) mass is 640 g/mol. The van der Waals surface area contributed by atoms with E-state index in [1.807, 2.05) is 57.2 Å². The topological polar surface area (TPSA) is 96.5 Å². The number of pyridine rings is 1. The number of fused-ring (bicyclic) bond motifs is 2. The van der Waals surface area contributed by atoms with E-state index in [1.54, 1.807) is 23.9 Å². The molecule has 2 aromatic carbocycles. The van der Waals surface area contributed by atoms with Crippen LogP contribution in [0.4, 0.5) is 4.39 Å². The zero-order chi connectivity index (χ0) is 32.7. The van der Waals surface area contributed by atoms with E-state index in [1.165, 1.54) is 0 Å². The summed E-state index contributed by atoms with van der Waals surface area (Å²) in [4.78, 5) is 25.2. The number of benzene rings is 2. The molecule has 1 unspecified atom stereocenters. The Kier molecular flexibility index (Phi) is 8.44. The number of likely N-dealkylation sites (tertiary alicyclic amines) is 1. The highest BCUT2D eigenvalue weighted by atomic mass is 19.1. The van der Waals surface area contributed by atoms with Gasteiger partial charge in [0, 0.05) is 31.3 Å². The Hall–Kier alpha value is -4.35. The number of esters is 1. The number of carbonyl (C=O) groups is 1. The van der Waals surface area contributed by atoms with Crippen LogP contribution in [-0.4, -0.2) is 66.6 Å². The molecule has 3 aromatic heterocycles. The average molecular weight is 641 g/mol. The van der Waals surface area contributed by atoms with E-state index in [-0.39, 0.29) is 12.1 Å². The van der Waals surface area contributed by atoms with Crippen molar-refractivity contribution in [2.75, 3.05) is 19.7 Å². The first-order chi connectivity index (χ1) is 22.6. The molecule has 2 saturated heterocycles. The lowest BCUT2D eigenvalue weighted by atomic mass is 9.93. The molecule has 11 heteroatoms. The molecule has 0 amide bonds. The second-order valence-corrected chi connectivity index (χ2v) is 13.6. The molecular formula is C36H41FN6O4. The second-order valence-electron chi connectivity index (χ2n) is 13.6. The van der Waals surface area contributed by atoms with Crippen molar-refractivity contribution in [3.05, 3.63) is 83.2 Å². The molecule has 5 heterocycles. The van der Waals surface area contributed by atoms with Gasteiger partial charge in [0.25, 0.3) is 0 Å². The largest absolute Gasteiger partial charge is 0.473 e. The lowest BCUT2D eigenvalue weighted by Crippen LogP contribution is -2.35. The summed E-state index contributed by atoms with van der Waals surface area (Å²) in [5.74, 6) is 1.10. The van der Waals surface area contributed by atoms with Crippen LogP contribution in [0.5, 0.6) is 5.88 Å². The smallest absolute Gasteiger partial charge is 0.338 e. The van der Waals surface area contributed by atoms with Crippen molar-refractivity contribution in [1.82, 2.24) is 29.2 Å². The Morgan fingerprint density at radius 2 is 1.83 bits per heavy atom. The van der Waals surface area contributed by atoms with Gasteiger partial charge < -0.3 is 18.8 Å². The summed E-state index contributed by atoms with van der Waals surface area (Å²) in [6.45, 7) is 10.0. The van der Waals surface area contributed by atoms with E-state index in [0.29, 0.717) is 35.9 Å². The quantitative estimate of drug-likeness (QED) is 0.177. The molecule has 0 radical (unpaired) electrons. The highest BCUT2D eigenvalue weighted by Crippen LogP contribution is 2.30. The number of piperidine rings is 1. The summed E-state index contributed by atoms with van der Waals surface area (Å²) in [5.41, 5.74) is 4.46. The van der Waals surface area contributed by atoms with Crippen molar-refractivity contribution in [2.45, 2.75) is 77.4 Å². The van der Waals surface area contributed by atoms with Gasteiger partial charge in [0.15, 0.2) is 0 Å². The normalized spacial score (nSPS) is 17.7. The van der Waals surface area contributed by atoms with Crippen molar-refractivity contribution in [3.63, 3.8) is 0 Å². The number of carbonyl (C=O) groups excluding carboxylic acids is 1. The van der Waals surface area contributed by atoms with Gasteiger partial charge in [-0.05, 0) is 95.1 Å². The zero-order valence-corrected chi connectivity index (χ0v) is 27.4. The molecule has 0 saturated carbocycles. The van der Waals surface area contributed by atoms with Crippen molar-refractivity contribution in [3.8, 4) is 5.88 Å². The van der Waals surface area contributed by atoms with Crippen LogP contribution >= 0.6 is 0 Å².